The van der Waals surface area contributed by atoms with Crippen LogP contribution >= 0.6 is 15.9 Å². The van der Waals surface area contributed by atoms with E-state index >= 15 is 0 Å². The second-order valence-electron chi connectivity index (χ2n) is 7.59. The molecule has 7 nitrogen and oxygen atoms in total. The van der Waals surface area contributed by atoms with Crippen molar-refractivity contribution in [2.24, 2.45) is 0 Å². The molecule has 8 heteroatoms. The van der Waals surface area contributed by atoms with Gasteiger partial charge in [-0.1, -0.05) is 15.9 Å². The molecule has 154 valence electrons. The van der Waals surface area contributed by atoms with Gasteiger partial charge >= 0.3 is 0 Å². The highest BCUT2D eigenvalue weighted by Gasteiger charge is 2.21. The second-order valence-corrected chi connectivity index (χ2v) is 8.50. The lowest BCUT2D eigenvalue weighted by Gasteiger charge is -2.23. The minimum atomic E-state index is -0.928. The smallest absolute Gasteiger partial charge is 0.252 e. The lowest BCUT2D eigenvalue weighted by atomic mass is 10.1. The summed E-state index contributed by atoms with van der Waals surface area (Å²) >= 11 is 3.56. The highest BCUT2D eigenvalue weighted by Crippen LogP contribution is 2.31. The predicted octanol–water partition coefficient (Wildman–Crippen LogP) is 3.24. The summed E-state index contributed by atoms with van der Waals surface area (Å²) in [7, 11) is 0. The number of nitrogens with one attached hydrogen (secondary N) is 2. The highest BCUT2D eigenvalue weighted by atomic mass is 79.9. The summed E-state index contributed by atoms with van der Waals surface area (Å²) in [6.45, 7) is 5.50. The summed E-state index contributed by atoms with van der Waals surface area (Å²) in [6, 6.07) is 6.15. The van der Waals surface area contributed by atoms with Gasteiger partial charge in [-0.05, 0) is 50.5 Å². The van der Waals surface area contributed by atoms with Crippen LogP contribution in [-0.2, 0) is 11.3 Å². The van der Waals surface area contributed by atoms with E-state index in [-0.39, 0.29) is 12.1 Å². The quantitative estimate of drug-likeness (QED) is 0.508. The number of fused-ring (bicyclic) bond motifs is 1. The van der Waals surface area contributed by atoms with Gasteiger partial charge in [0.05, 0.1) is 17.8 Å². The minimum absolute atomic E-state index is 0.131. The van der Waals surface area contributed by atoms with Gasteiger partial charge in [0.1, 0.15) is 6.23 Å². The Morgan fingerprint density at radius 3 is 2.83 bits per heavy atom. The maximum atomic E-state index is 12.2. The van der Waals surface area contributed by atoms with Crippen LogP contribution in [-0.4, -0.2) is 33.1 Å². The third-order valence-electron chi connectivity index (χ3n) is 5.51. The molecule has 3 aromatic rings. The maximum absolute atomic E-state index is 12.2. The van der Waals surface area contributed by atoms with E-state index in [1.165, 1.54) is 0 Å². The normalized spacial score (nSPS) is 16.4. The van der Waals surface area contributed by atoms with Gasteiger partial charge in [-0.25, -0.2) is 0 Å². The Morgan fingerprint density at radius 2 is 2.10 bits per heavy atom. The molecule has 1 fully saturated rings. The van der Waals surface area contributed by atoms with E-state index in [0.717, 1.165) is 58.3 Å². The lowest BCUT2D eigenvalue weighted by Crippen LogP contribution is -2.26. The van der Waals surface area contributed by atoms with Gasteiger partial charge in [-0.2, -0.15) is 5.10 Å². The molecule has 1 atom stereocenters. The molecule has 0 aliphatic carbocycles. The molecule has 1 saturated heterocycles. The van der Waals surface area contributed by atoms with Crippen molar-refractivity contribution in [1.82, 2.24) is 20.1 Å². The molecule has 0 bridgehead atoms. The molecule has 4 rings (SSSR count). The molecular weight excluding hydrogens is 436 g/mol. The number of ether oxygens (including phenoxy) is 1. The van der Waals surface area contributed by atoms with Crippen LogP contribution in [0.4, 0.5) is 0 Å². The first-order valence-corrected chi connectivity index (χ1v) is 10.6. The van der Waals surface area contributed by atoms with Crippen LogP contribution in [0.15, 0.2) is 33.7 Å². The van der Waals surface area contributed by atoms with Crippen LogP contribution in [0.2, 0.25) is 0 Å². The third-order valence-corrected chi connectivity index (χ3v) is 5.97. The van der Waals surface area contributed by atoms with Gasteiger partial charge in [0.2, 0.25) is 0 Å². The number of hydrogen-bond donors (Lipinski definition) is 3. The predicted molar refractivity (Wildman–Crippen MR) is 115 cm³/mol. The number of nitrogens with zero attached hydrogens (tertiary/aromatic N) is 2. The van der Waals surface area contributed by atoms with Crippen molar-refractivity contribution in [3.63, 3.8) is 0 Å². The molecular formula is C21H25BrN4O3. The van der Waals surface area contributed by atoms with E-state index in [1.807, 2.05) is 36.7 Å². The molecule has 29 heavy (non-hydrogen) atoms. The zero-order chi connectivity index (χ0) is 20.5. The summed E-state index contributed by atoms with van der Waals surface area (Å²) in [5, 5.41) is 19.4. The number of hydrogen-bond acceptors (Lipinski definition) is 5. The average molecular weight is 461 g/mol. The maximum Gasteiger partial charge on any atom is 0.252 e. The zero-order valence-corrected chi connectivity index (χ0v) is 18.1. The average Bonchev–Trinajstić information content (AvgIpc) is 3.10. The standard InChI is InChI=1S/C21H25BrN4O3/c1-12-7-13(2)25-21(28)17(12)10-23-20(27)16-8-14(22)9-19-18(16)11-24-26(19)15-3-5-29-6-4-15/h7-9,11,15,20,23,27H,3-6,10H2,1-2H3,(H,25,28). The van der Waals surface area contributed by atoms with E-state index in [4.69, 9.17) is 4.74 Å². The number of aromatic amines is 1. The number of benzene rings is 1. The number of aliphatic hydroxyl groups is 1. The molecule has 3 heterocycles. The fourth-order valence-electron chi connectivity index (χ4n) is 3.99. The number of aromatic nitrogens is 3. The summed E-state index contributed by atoms with van der Waals surface area (Å²) < 4.78 is 8.38. The Morgan fingerprint density at radius 1 is 1.34 bits per heavy atom. The minimum Gasteiger partial charge on any atom is -0.381 e. The van der Waals surface area contributed by atoms with Crippen LogP contribution in [0, 0.1) is 13.8 Å². The van der Waals surface area contributed by atoms with E-state index in [2.05, 4.69) is 31.3 Å². The van der Waals surface area contributed by atoms with Crippen molar-refractivity contribution in [3.05, 3.63) is 61.6 Å². The lowest BCUT2D eigenvalue weighted by molar-refractivity contribution is 0.0675. The fourth-order valence-corrected chi connectivity index (χ4v) is 4.46. The van der Waals surface area contributed by atoms with Crippen molar-refractivity contribution in [1.29, 1.82) is 0 Å². The Balaban J connectivity index is 1.62. The number of H-pyrrole nitrogens is 1. The number of pyridine rings is 1. The van der Waals surface area contributed by atoms with Gasteiger partial charge < -0.3 is 14.8 Å². The van der Waals surface area contributed by atoms with Crippen LogP contribution in [0.3, 0.4) is 0 Å². The summed E-state index contributed by atoms with van der Waals surface area (Å²) in [5.41, 5.74) is 3.93. The molecule has 0 saturated carbocycles. The number of halogens is 1. The summed E-state index contributed by atoms with van der Waals surface area (Å²) in [4.78, 5) is 15.1. The molecule has 1 unspecified atom stereocenters. The Kier molecular flexibility index (Phi) is 5.87. The summed E-state index contributed by atoms with van der Waals surface area (Å²) in [6.07, 6.45) is 2.73. The Hall–Kier alpha value is -2.00. The van der Waals surface area contributed by atoms with Crippen molar-refractivity contribution in [3.8, 4) is 0 Å². The molecule has 2 aromatic heterocycles. The zero-order valence-electron chi connectivity index (χ0n) is 16.5. The van der Waals surface area contributed by atoms with Crippen LogP contribution < -0.4 is 10.9 Å². The van der Waals surface area contributed by atoms with Crippen LogP contribution in [0.5, 0.6) is 0 Å². The number of rotatable bonds is 5. The molecule has 0 radical (unpaired) electrons. The Labute approximate surface area is 177 Å². The van der Waals surface area contributed by atoms with E-state index in [0.29, 0.717) is 11.6 Å². The molecule has 0 spiro atoms. The number of aliphatic hydroxyl groups excluding tert-OH is 1. The van der Waals surface area contributed by atoms with Crippen molar-refractivity contribution < 1.29 is 9.84 Å². The highest BCUT2D eigenvalue weighted by molar-refractivity contribution is 9.10. The van der Waals surface area contributed by atoms with Crippen molar-refractivity contribution in [2.75, 3.05) is 13.2 Å². The van der Waals surface area contributed by atoms with Crippen molar-refractivity contribution in [2.45, 2.75) is 45.5 Å². The monoisotopic (exact) mass is 460 g/mol. The molecule has 1 aliphatic heterocycles. The largest absolute Gasteiger partial charge is 0.381 e. The van der Waals surface area contributed by atoms with Crippen molar-refractivity contribution >= 4 is 26.8 Å². The van der Waals surface area contributed by atoms with Gasteiger partial charge in [-0.15, -0.1) is 0 Å². The summed E-state index contributed by atoms with van der Waals surface area (Å²) in [5.74, 6) is 0. The molecule has 3 N–H and O–H groups in total. The van der Waals surface area contributed by atoms with Crippen LogP contribution in [0.1, 0.15) is 47.5 Å². The van der Waals surface area contributed by atoms with Gasteiger partial charge in [-0.3, -0.25) is 14.8 Å². The topological polar surface area (TPSA) is 92.2 Å². The second kappa shape index (κ2) is 8.39. The van der Waals surface area contributed by atoms with Gasteiger partial charge in [0.15, 0.2) is 0 Å². The molecule has 0 amide bonds. The molecule has 1 aliphatic rings. The fraction of sp³-hybridized carbons (Fsp3) is 0.429. The van der Waals surface area contributed by atoms with Crippen LogP contribution in [0.25, 0.3) is 10.9 Å². The first kappa shape index (κ1) is 20.3. The van der Waals surface area contributed by atoms with E-state index in [1.54, 1.807) is 6.20 Å². The van der Waals surface area contributed by atoms with Gasteiger partial charge in [0.25, 0.3) is 5.56 Å². The van der Waals surface area contributed by atoms with E-state index in [9.17, 15) is 9.90 Å². The molecule has 1 aromatic carbocycles. The van der Waals surface area contributed by atoms with Gasteiger partial charge in [0, 0.05) is 46.4 Å². The first-order chi connectivity index (χ1) is 13.9. The first-order valence-electron chi connectivity index (χ1n) is 9.79. The Bertz CT molecular complexity index is 1090. The number of aryl methyl sites for hydroxylation is 2. The van der Waals surface area contributed by atoms with E-state index < -0.39 is 6.23 Å². The SMILES string of the molecule is Cc1cc(C)c(CNC(O)c2cc(Br)cc3c2cnn3C2CCOCC2)c(=O)[nH]1. The third kappa shape index (κ3) is 4.16.